The number of benzene rings is 1. The highest BCUT2D eigenvalue weighted by molar-refractivity contribution is 6.22. The number of carboxylic acid groups (broad SMARTS) is 1. The smallest absolute Gasteiger partial charge is 0.335 e. The molecular formula is C18H15NO4. The Kier molecular flexibility index (Phi) is 2.33. The standard InChI is InChI=1S/C18H15NO4/c20-16-14-10-5-6-11(13-7-12(10)13)15(14)17(21)19(16)9-3-1-8(2-4-9)18(22)23/h1-6,10-15H,7H2,(H,22,23)/t10-,11-,12-,13+,14-,15-/m1/s1. The number of aromatic carboxylic acids is 1. The van der Waals surface area contributed by atoms with Crippen molar-refractivity contribution in [1.82, 2.24) is 0 Å². The summed E-state index contributed by atoms with van der Waals surface area (Å²) in [7, 11) is 0. The first-order valence-corrected chi connectivity index (χ1v) is 7.97. The van der Waals surface area contributed by atoms with Crippen LogP contribution in [0.4, 0.5) is 5.69 Å². The van der Waals surface area contributed by atoms with Crippen LogP contribution >= 0.6 is 0 Å². The van der Waals surface area contributed by atoms with Crippen molar-refractivity contribution in [1.29, 1.82) is 0 Å². The Hall–Kier alpha value is -2.43. The molecule has 5 aliphatic rings. The van der Waals surface area contributed by atoms with Crippen LogP contribution in [0, 0.1) is 35.5 Å². The van der Waals surface area contributed by atoms with Gasteiger partial charge in [-0.3, -0.25) is 14.5 Å². The van der Waals surface area contributed by atoms with E-state index in [1.807, 2.05) is 0 Å². The van der Waals surface area contributed by atoms with Crippen LogP contribution in [0.2, 0.25) is 0 Å². The summed E-state index contributed by atoms with van der Waals surface area (Å²) in [6.45, 7) is 0. The molecule has 6 rings (SSSR count). The SMILES string of the molecule is O=C(O)c1ccc(N2C(=O)[C@@H]3[C@@H]4C=C[C@H]([C@@H]5C[C@H]45)[C@H]3C2=O)cc1. The summed E-state index contributed by atoms with van der Waals surface area (Å²) >= 11 is 0. The lowest BCUT2D eigenvalue weighted by Gasteiger charge is -2.37. The number of amides is 2. The van der Waals surface area contributed by atoms with Gasteiger partial charge in [-0.05, 0) is 54.4 Å². The molecule has 0 spiro atoms. The van der Waals surface area contributed by atoms with Gasteiger partial charge in [0.25, 0.3) is 0 Å². The maximum Gasteiger partial charge on any atom is 0.335 e. The summed E-state index contributed by atoms with van der Waals surface area (Å²) in [5.41, 5.74) is 0.626. The Balaban J connectivity index is 1.53. The highest BCUT2D eigenvalue weighted by Gasteiger charge is 2.67. The zero-order valence-corrected chi connectivity index (χ0v) is 12.3. The summed E-state index contributed by atoms with van der Waals surface area (Å²) < 4.78 is 0. The molecule has 116 valence electrons. The lowest BCUT2D eigenvalue weighted by atomic mass is 9.63. The Morgan fingerprint density at radius 1 is 0.957 bits per heavy atom. The first-order valence-electron chi connectivity index (χ1n) is 7.97. The Bertz CT molecular complexity index is 745. The van der Waals surface area contributed by atoms with Gasteiger partial charge in [-0.1, -0.05) is 12.2 Å². The molecule has 1 aromatic rings. The summed E-state index contributed by atoms with van der Waals surface area (Å²) in [5.74, 6) is -0.132. The Morgan fingerprint density at radius 3 is 1.96 bits per heavy atom. The topological polar surface area (TPSA) is 74.7 Å². The minimum absolute atomic E-state index is 0.118. The highest BCUT2D eigenvalue weighted by Crippen LogP contribution is 2.65. The van der Waals surface area contributed by atoms with Crippen molar-refractivity contribution < 1.29 is 19.5 Å². The van der Waals surface area contributed by atoms with E-state index in [0.717, 1.165) is 6.42 Å². The minimum atomic E-state index is -1.02. The number of anilines is 1. The van der Waals surface area contributed by atoms with Crippen LogP contribution in [0.5, 0.6) is 0 Å². The van der Waals surface area contributed by atoms with E-state index in [1.165, 1.54) is 17.0 Å². The van der Waals surface area contributed by atoms with Crippen LogP contribution in [0.15, 0.2) is 36.4 Å². The second-order valence-electron chi connectivity index (χ2n) is 7.02. The summed E-state index contributed by atoms with van der Waals surface area (Å²) in [5, 5.41) is 8.97. The quantitative estimate of drug-likeness (QED) is 0.669. The second-order valence-corrected chi connectivity index (χ2v) is 7.02. The summed E-state index contributed by atoms with van der Waals surface area (Å²) in [4.78, 5) is 38.0. The third-order valence-electron chi connectivity index (χ3n) is 6.04. The van der Waals surface area contributed by atoms with Gasteiger partial charge >= 0.3 is 5.97 Å². The van der Waals surface area contributed by atoms with Crippen molar-refractivity contribution in [3.05, 3.63) is 42.0 Å². The molecule has 2 bridgehead atoms. The van der Waals surface area contributed by atoms with E-state index in [0.29, 0.717) is 17.5 Å². The molecule has 1 aliphatic heterocycles. The van der Waals surface area contributed by atoms with Crippen LogP contribution in [0.1, 0.15) is 16.8 Å². The fourth-order valence-corrected chi connectivity index (χ4v) is 4.96. The molecule has 23 heavy (non-hydrogen) atoms. The number of hydrogen-bond acceptors (Lipinski definition) is 3. The molecule has 1 saturated heterocycles. The Morgan fingerprint density at radius 2 is 1.48 bits per heavy atom. The average molecular weight is 309 g/mol. The molecule has 5 heteroatoms. The predicted molar refractivity (Wildman–Crippen MR) is 80.6 cm³/mol. The van der Waals surface area contributed by atoms with Crippen LogP contribution in [-0.2, 0) is 9.59 Å². The molecule has 6 atom stereocenters. The van der Waals surface area contributed by atoms with Crippen molar-refractivity contribution in [3.63, 3.8) is 0 Å². The summed E-state index contributed by atoms with van der Waals surface area (Å²) in [6, 6.07) is 5.97. The number of rotatable bonds is 2. The van der Waals surface area contributed by atoms with E-state index in [2.05, 4.69) is 12.2 Å². The Labute approximate surface area is 132 Å². The molecule has 0 aromatic heterocycles. The van der Waals surface area contributed by atoms with Crippen molar-refractivity contribution in [3.8, 4) is 0 Å². The van der Waals surface area contributed by atoms with Crippen molar-refractivity contribution in [2.24, 2.45) is 35.5 Å². The zero-order valence-electron chi connectivity index (χ0n) is 12.3. The van der Waals surface area contributed by atoms with E-state index >= 15 is 0 Å². The van der Waals surface area contributed by atoms with E-state index in [4.69, 9.17) is 5.11 Å². The maximum atomic E-state index is 12.9. The van der Waals surface area contributed by atoms with Gasteiger partial charge in [0.2, 0.25) is 11.8 Å². The van der Waals surface area contributed by atoms with Gasteiger partial charge in [0.1, 0.15) is 0 Å². The molecule has 3 fully saturated rings. The third kappa shape index (κ3) is 1.54. The first-order chi connectivity index (χ1) is 11.1. The lowest BCUT2D eigenvalue weighted by Crippen LogP contribution is -2.40. The van der Waals surface area contributed by atoms with E-state index in [-0.39, 0.29) is 41.0 Å². The molecule has 0 unspecified atom stereocenters. The van der Waals surface area contributed by atoms with E-state index in [9.17, 15) is 14.4 Å². The minimum Gasteiger partial charge on any atom is -0.478 e. The van der Waals surface area contributed by atoms with Gasteiger partial charge in [0.05, 0.1) is 23.1 Å². The van der Waals surface area contributed by atoms with Gasteiger partial charge in [-0.2, -0.15) is 0 Å². The van der Waals surface area contributed by atoms with Gasteiger partial charge in [-0.15, -0.1) is 0 Å². The van der Waals surface area contributed by atoms with Crippen LogP contribution in [-0.4, -0.2) is 22.9 Å². The fraction of sp³-hybridized carbons (Fsp3) is 0.389. The number of hydrogen-bond donors (Lipinski definition) is 1. The molecule has 2 saturated carbocycles. The molecule has 2 amide bonds. The van der Waals surface area contributed by atoms with Gasteiger partial charge in [0.15, 0.2) is 0 Å². The third-order valence-corrected chi connectivity index (χ3v) is 6.04. The van der Waals surface area contributed by atoms with Crippen molar-refractivity contribution >= 4 is 23.5 Å². The molecule has 0 radical (unpaired) electrons. The number of imide groups is 1. The van der Waals surface area contributed by atoms with Crippen molar-refractivity contribution in [2.45, 2.75) is 6.42 Å². The number of carboxylic acids is 1. The highest BCUT2D eigenvalue weighted by atomic mass is 16.4. The van der Waals surface area contributed by atoms with Gasteiger partial charge in [0, 0.05) is 0 Å². The maximum absolute atomic E-state index is 12.9. The normalized spacial score (nSPS) is 39.4. The number of allylic oxidation sites excluding steroid dienone is 2. The summed E-state index contributed by atoms with van der Waals surface area (Å²) in [6.07, 6.45) is 5.42. The number of carbonyl (C=O) groups excluding carboxylic acids is 2. The molecule has 5 nitrogen and oxygen atoms in total. The number of carbonyl (C=O) groups is 3. The van der Waals surface area contributed by atoms with Crippen LogP contribution in [0.3, 0.4) is 0 Å². The average Bonchev–Trinajstić information content (AvgIpc) is 3.32. The predicted octanol–water partition coefficient (Wildman–Crippen LogP) is 1.94. The van der Waals surface area contributed by atoms with Crippen LogP contribution in [0.25, 0.3) is 0 Å². The number of nitrogens with zero attached hydrogens (tertiary/aromatic N) is 1. The largest absolute Gasteiger partial charge is 0.478 e. The lowest BCUT2D eigenvalue weighted by molar-refractivity contribution is -0.124. The molecule has 1 N–H and O–H groups in total. The van der Waals surface area contributed by atoms with Crippen LogP contribution < -0.4 is 4.90 Å². The van der Waals surface area contributed by atoms with E-state index < -0.39 is 5.97 Å². The first kappa shape index (κ1) is 13.0. The van der Waals surface area contributed by atoms with E-state index in [1.54, 1.807) is 12.1 Å². The van der Waals surface area contributed by atoms with Crippen molar-refractivity contribution in [2.75, 3.05) is 4.90 Å². The monoisotopic (exact) mass is 309 g/mol. The molecule has 1 heterocycles. The van der Waals surface area contributed by atoms with Gasteiger partial charge < -0.3 is 5.11 Å². The second kappa shape index (κ2) is 4.10. The zero-order chi connectivity index (χ0) is 15.9. The fourth-order valence-electron chi connectivity index (χ4n) is 4.96. The van der Waals surface area contributed by atoms with Gasteiger partial charge in [-0.25, -0.2) is 4.79 Å². The molecule has 1 aromatic carbocycles. The molecular weight excluding hydrogens is 294 g/mol. The molecule has 4 aliphatic carbocycles.